The van der Waals surface area contributed by atoms with E-state index in [-0.39, 0.29) is 35.9 Å². The number of carbonyl (C=O) groups excluding carboxylic acids is 2. The van der Waals surface area contributed by atoms with Gasteiger partial charge in [0.25, 0.3) is 0 Å². The maximum Gasteiger partial charge on any atom is 0.236 e. The van der Waals surface area contributed by atoms with Crippen LogP contribution in [0.5, 0.6) is 0 Å². The van der Waals surface area contributed by atoms with E-state index < -0.39 is 9.84 Å². The fourth-order valence-corrected chi connectivity index (χ4v) is 4.71. The Labute approximate surface area is 120 Å². The van der Waals surface area contributed by atoms with Crippen molar-refractivity contribution in [1.29, 1.82) is 0 Å². The van der Waals surface area contributed by atoms with E-state index in [9.17, 15) is 18.0 Å². The number of rotatable bonds is 4. The smallest absolute Gasteiger partial charge is 0.236 e. The van der Waals surface area contributed by atoms with Gasteiger partial charge in [-0.25, -0.2) is 8.42 Å². The summed E-state index contributed by atoms with van der Waals surface area (Å²) in [5.74, 6) is 0.214. The maximum atomic E-state index is 12.2. The second-order valence-corrected chi connectivity index (χ2v) is 8.06. The van der Waals surface area contributed by atoms with Gasteiger partial charge >= 0.3 is 0 Å². The van der Waals surface area contributed by atoms with E-state index in [0.717, 1.165) is 25.7 Å². The molecule has 2 aliphatic heterocycles. The van der Waals surface area contributed by atoms with Crippen LogP contribution in [0.25, 0.3) is 0 Å². The Bertz CT molecular complexity index is 477. The Balaban J connectivity index is 1.86. The standard InChI is InChI=1S/C13H22N2O4S/c1-14(12-4-6-20(18,19)10-12)13(17)8-15-5-2-3-11(7-15)9-16/h9,11-12H,2-8,10H2,1H3. The van der Waals surface area contributed by atoms with E-state index >= 15 is 0 Å². The third kappa shape index (κ3) is 3.79. The molecule has 2 aliphatic rings. The quantitative estimate of drug-likeness (QED) is 0.657. The van der Waals surface area contributed by atoms with Gasteiger partial charge in [-0.15, -0.1) is 0 Å². The van der Waals surface area contributed by atoms with Crippen LogP contribution < -0.4 is 0 Å². The minimum atomic E-state index is -2.97. The number of sulfone groups is 1. The third-order valence-corrected chi connectivity index (χ3v) is 5.99. The second kappa shape index (κ2) is 6.22. The first-order chi connectivity index (χ1) is 9.41. The molecular formula is C13H22N2O4S. The number of hydrogen-bond acceptors (Lipinski definition) is 5. The van der Waals surface area contributed by atoms with E-state index in [4.69, 9.17) is 0 Å². The average Bonchev–Trinajstić information content (AvgIpc) is 2.78. The summed E-state index contributed by atoms with van der Waals surface area (Å²) >= 11 is 0. The first-order valence-electron chi connectivity index (χ1n) is 7.05. The molecule has 2 atom stereocenters. The van der Waals surface area contributed by atoms with Gasteiger partial charge in [0, 0.05) is 25.6 Å². The molecule has 2 unspecified atom stereocenters. The van der Waals surface area contributed by atoms with Crippen molar-refractivity contribution in [3.63, 3.8) is 0 Å². The molecule has 2 saturated heterocycles. The third-order valence-electron chi connectivity index (χ3n) is 4.24. The molecule has 6 nitrogen and oxygen atoms in total. The number of nitrogens with zero attached hydrogens (tertiary/aromatic N) is 2. The summed E-state index contributed by atoms with van der Waals surface area (Å²) in [6.45, 7) is 1.73. The molecule has 1 amide bonds. The summed E-state index contributed by atoms with van der Waals surface area (Å²) in [7, 11) is -1.30. The highest BCUT2D eigenvalue weighted by atomic mass is 32.2. The molecule has 0 spiro atoms. The summed E-state index contributed by atoms with van der Waals surface area (Å²) in [5, 5.41) is 0. The number of likely N-dealkylation sites (N-methyl/N-ethyl adjacent to an activating group) is 1. The Kier molecular flexibility index (Phi) is 4.80. The van der Waals surface area contributed by atoms with Gasteiger partial charge in [0.1, 0.15) is 6.29 Å². The van der Waals surface area contributed by atoms with E-state index in [1.54, 1.807) is 11.9 Å². The van der Waals surface area contributed by atoms with Gasteiger partial charge in [-0.1, -0.05) is 0 Å². The van der Waals surface area contributed by atoms with Crippen LogP contribution in [0.3, 0.4) is 0 Å². The molecule has 7 heteroatoms. The predicted molar refractivity (Wildman–Crippen MR) is 75.1 cm³/mol. The van der Waals surface area contributed by atoms with Crippen molar-refractivity contribution >= 4 is 22.0 Å². The lowest BCUT2D eigenvalue weighted by Crippen LogP contribution is -2.46. The van der Waals surface area contributed by atoms with Gasteiger partial charge in [-0.2, -0.15) is 0 Å². The molecule has 0 saturated carbocycles. The Morgan fingerprint density at radius 1 is 1.40 bits per heavy atom. The molecule has 0 bridgehead atoms. The van der Waals surface area contributed by atoms with Crippen LogP contribution in [0.2, 0.25) is 0 Å². The van der Waals surface area contributed by atoms with Gasteiger partial charge in [0.2, 0.25) is 5.91 Å². The molecule has 114 valence electrons. The van der Waals surface area contributed by atoms with Crippen LogP contribution in [0.4, 0.5) is 0 Å². The molecule has 0 radical (unpaired) electrons. The molecule has 0 aromatic rings. The number of amides is 1. The summed E-state index contributed by atoms with van der Waals surface area (Å²) in [6, 6.07) is -0.195. The van der Waals surface area contributed by atoms with Crippen molar-refractivity contribution < 1.29 is 18.0 Å². The highest BCUT2D eigenvalue weighted by Gasteiger charge is 2.33. The van der Waals surface area contributed by atoms with Crippen LogP contribution >= 0.6 is 0 Å². The predicted octanol–water partition coefficient (Wildman–Crippen LogP) is -0.457. The van der Waals surface area contributed by atoms with Crippen molar-refractivity contribution in [1.82, 2.24) is 9.80 Å². The Hall–Kier alpha value is -0.950. The lowest BCUT2D eigenvalue weighted by atomic mass is 10.00. The molecular weight excluding hydrogens is 280 g/mol. The van der Waals surface area contributed by atoms with Gasteiger partial charge in [-0.05, 0) is 25.8 Å². The minimum Gasteiger partial charge on any atom is -0.341 e. The molecule has 0 aliphatic carbocycles. The number of likely N-dealkylation sites (tertiary alicyclic amines) is 1. The Morgan fingerprint density at radius 3 is 2.75 bits per heavy atom. The highest BCUT2D eigenvalue weighted by molar-refractivity contribution is 7.91. The van der Waals surface area contributed by atoms with Crippen LogP contribution in [0, 0.1) is 5.92 Å². The number of carbonyl (C=O) groups is 2. The Morgan fingerprint density at radius 2 is 2.15 bits per heavy atom. The van der Waals surface area contributed by atoms with Crippen molar-refractivity contribution in [2.75, 3.05) is 38.2 Å². The van der Waals surface area contributed by atoms with Crippen molar-refractivity contribution in [2.45, 2.75) is 25.3 Å². The number of hydrogen-bond donors (Lipinski definition) is 0. The van der Waals surface area contributed by atoms with E-state index in [1.807, 2.05) is 4.90 Å². The molecule has 2 heterocycles. The molecule has 0 N–H and O–H groups in total. The topological polar surface area (TPSA) is 74.8 Å². The zero-order chi connectivity index (χ0) is 14.8. The largest absolute Gasteiger partial charge is 0.341 e. The van der Waals surface area contributed by atoms with Gasteiger partial charge in [0.15, 0.2) is 9.84 Å². The van der Waals surface area contributed by atoms with Crippen molar-refractivity contribution in [3.05, 3.63) is 0 Å². The van der Waals surface area contributed by atoms with Crippen molar-refractivity contribution in [2.24, 2.45) is 5.92 Å². The van der Waals surface area contributed by atoms with Gasteiger partial charge in [-0.3, -0.25) is 9.69 Å². The van der Waals surface area contributed by atoms with Gasteiger partial charge in [0.05, 0.1) is 18.1 Å². The average molecular weight is 302 g/mol. The summed E-state index contributed by atoms with van der Waals surface area (Å²) < 4.78 is 22.9. The van der Waals surface area contributed by atoms with E-state index in [2.05, 4.69) is 0 Å². The van der Waals surface area contributed by atoms with Crippen LogP contribution in [-0.2, 0) is 19.4 Å². The fraction of sp³-hybridized carbons (Fsp3) is 0.846. The zero-order valence-electron chi connectivity index (χ0n) is 11.8. The maximum absolute atomic E-state index is 12.2. The summed E-state index contributed by atoms with van der Waals surface area (Å²) in [5.41, 5.74) is 0. The fourth-order valence-electron chi connectivity index (χ4n) is 2.93. The van der Waals surface area contributed by atoms with Crippen LogP contribution in [0.1, 0.15) is 19.3 Å². The van der Waals surface area contributed by atoms with Crippen LogP contribution in [0.15, 0.2) is 0 Å². The normalized spacial score (nSPS) is 30.1. The molecule has 0 aromatic carbocycles. The monoisotopic (exact) mass is 302 g/mol. The SMILES string of the molecule is CN(C(=O)CN1CCCC(C=O)C1)C1CCS(=O)(=O)C1. The number of piperidine rings is 1. The minimum absolute atomic E-state index is 0.0220. The first kappa shape index (κ1) is 15.4. The van der Waals surface area contributed by atoms with E-state index in [0.29, 0.717) is 13.0 Å². The van der Waals surface area contributed by atoms with E-state index in [1.165, 1.54) is 0 Å². The second-order valence-electron chi connectivity index (χ2n) is 5.84. The molecule has 2 rings (SSSR count). The lowest BCUT2D eigenvalue weighted by Gasteiger charge is -2.32. The lowest BCUT2D eigenvalue weighted by molar-refractivity contribution is -0.133. The zero-order valence-corrected chi connectivity index (χ0v) is 12.6. The van der Waals surface area contributed by atoms with Crippen LogP contribution in [-0.4, -0.2) is 74.6 Å². The van der Waals surface area contributed by atoms with Crippen molar-refractivity contribution in [3.8, 4) is 0 Å². The first-order valence-corrected chi connectivity index (χ1v) is 8.87. The highest BCUT2D eigenvalue weighted by Crippen LogP contribution is 2.18. The summed E-state index contributed by atoms with van der Waals surface area (Å²) in [6.07, 6.45) is 3.31. The molecule has 2 fully saturated rings. The molecule has 20 heavy (non-hydrogen) atoms. The van der Waals surface area contributed by atoms with Gasteiger partial charge < -0.3 is 9.69 Å². The summed E-state index contributed by atoms with van der Waals surface area (Å²) in [4.78, 5) is 26.6. The molecule has 0 aromatic heterocycles. The number of aldehydes is 1.